The number of carboxylic acids is 2. The number of hydrogen-bond donors (Lipinski definition) is 17. The summed E-state index contributed by atoms with van der Waals surface area (Å²) in [6.07, 6.45) is -35.9. The van der Waals surface area contributed by atoms with Crippen LogP contribution in [0.25, 0.3) is 0 Å². The van der Waals surface area contributed by atoms with Crippen LogP contribution < -0.4 is 16.8 Å². The number of amides is 1. The average Bonchev–Trinajstić information content (AvgIpc) is 3.20. The number of nitrogens with two attached hydrogens (primary N) is 2. The maximum Gasteiger partial charge on any atom is 0.364 e. The number of hydrogen-bond acceptors (Lipinski definition) is 25. The van der Waals surface area contributed by atoms with Crippen LogP contribution in [0.3, 0.4) is 0 Å². The number of carbonyl (C=O) groups is 3. The van der Waals surface area contributed by atoms with Crippen molar-refractivity contribution in [2.24, 2.45) is 11.5 Å². The van der Waals surface area contributed by atoms with Crippen molar-refractivity contribution in [1.82, 2.24) is 5.32 Å². The molecule has 1 amide bonds. The third-order valence-electron chi connectivity index (χ3n) is 10.4. The number of rotatable bonds is 18. The molecule has 22 atom stereocenters. The largest absolute Gasteiger partial charge is 0.480 e. The third kappa shape index (κ3) is 10.8. The zero-order valence-electron chi connectivity index (χ0n) is 31.8. The Balaban J connectivity index is 1.62. The highest BCUT2D eigenvalue weighted by Gasteiger charge is 2.60. The van der Waals surface area contributed by atoms with Crippen LogP contribution in [0.5, 0.6) is 0 Å². The number of aliphatic carboxylic acids is 2. The second kappa shape index (κ2) is 21.3. The van der Waals surface area contributed by atoms with Crippen molar-refractivity contribution in [3.8, 4) is 0 Å². The van der Waals surface area contributed by atoms with Gasteiger partial charge in [-0.2, -0.15) is 0 Å². The van der Waals surface area contributed by atoms with Crippen molar-refractivity contribution in [2.45, 2.75) is 148 Å². The standard InChI is InChI=1S/C32H55N3O25/c1-8(40)35-16-20(46)23(14(6-39)56-28(16)58-26-21(47)18(44)12(4-37)55-30(26)53-7-9(33)27(49)50)57-29-22(48)25(19(45)13(5-38)54-29)60-32(31(51)52)2-10(41)15(34)24(59-32)17(43)11(42)3-36/h9-26,28-30,36-39,41-48H,2-7,33-34H2,1H3,(H,35,40)(H,49,50)(H,51,52)/t9-,10-,11+,12+,13+,14+,15+,16+,17+,18+,19-,20+,21-,22+,23+,24+,25-,26-,28-,29-,30-,32-/m0/s1. The Morgan fingerprint density at radius 3 is 1.88 bits per heavy atom. The molecule has 0 unspecified atom stereocenters. The van der Waals surface area contributed by atoms with E-state index in [2.05, 4.69) is 5.32 Å². The molecule has 0 aliphatic carbocycles. The highest BCUT2D eigenvalue weighted by molar-refractivity contribution is 5.76. The minimum absolute atomic E-state index is 0.750. The quantitative estimate of drug-likeness (QED) is 0.0608. The summed E-state index contributed by atoms with van der Waals surface area (Å²) >= 11 is 0. The highest BCUT2D eigenvalue weighted by Crippen LogP contribution is 2.38. The van der Waals surface area contributed by atoms with E-state index in [1.807, 2.05) is 0 Å². The van der Waals surface area contributed by atoms with Crippen LogP contribution in [0.15, 0.2) is 0 Å². The first kappa shape index (κ1) is 50.2. The summed E-state index contributed by atoms with van der Waals surface area (Å²) in [6.45, 7) is -3.77. The van der Waals surface area contributed by atoms with Crippen molar-refractivity contribution in [3.63, 3.8) is 0 Å². The van der Waals surface area contributed by atoms with Gasteiger partial charge < -0.3 is 126 Å². The molecule has 4 aliphatic rings. The van der Waals surface area contributed by atoms with Crippen LogP contribution in [-0.4, -0.2) is 257 Å². The lowest BCUT2D eigenvalue weighted by Gasteiger charge is -2.51. The number of carbonyl (C=O) groups excluding carboxylic acids is 1. The number of carboxylic acid groups (broad SMARTS) is 2. The Kier molecular flexibility index (Phi) is 17.8. The van der Waals surface area contributed by atoms with E-state index in [4.69, 9.17) is 49.4 Å². The molecule has 0 aromatic rings. The molecule has 4 rings (SSSR count). The minimum Gasteiger partial charge on any atom is -0.480 e. The van der Waals surface area contributed by atoms with E-state index in [0.717, 1.165) is 6.92 Å². The second-order valence-electron chi connectivity index (χ2n) is 14.6. The molecular formula is C32H55N3O25. The topological polar surface area (TPSA) is 472 Å². The molecular weight excluding hydrogens is 826 g/mol. The van der Waals surface area contributed by atoms with Gasteiger partial charge in [-0.05, 0) is 0 Å². The highest BCUT2D eigenvalue weighted by atomic mass is 16.8. The van der Waals surface area contributed by atoms with Gasteiger partial charge in [0.25, 0.3) is 5.79 Å². The molecule has 0 aromatic carbocycles. The van der Waals surface area contributed by atoms with Gasteiger partial charge in [0.05, 0.1) is 45.2 Å². The molecule has 0 aromatic heterocycles. The van der Waals surface area contributed by atoms with Gasteiger partial charge in [-0.15, -0.1) is 0 Å². The first-order chi connectivity index (χ1) is 28.2. The van der Waals surface area contributed by atoms with Gasteiger partial charge in [0, 0.05) is 13.3 Å². The Morgan fingerprint density at radius 1 is 0.767 bits per heavy atom. The molecule has 28 nitrogen and oxygen atoms in total. The molecule has 19 N–H and O–H groups in total. The zero-order valence-corrected chi connectivity index (χ0v) is 31.8. The SMILES string of the molecule is CC(=O)N[C@H]1[C@H](O[C@@H]2[C@@H](OC[C@H](N)C(=O)O)O[C@H](CO)[C@@H](O)[C@@H]2O)O[C@H](CO)[C@@H](O[C@@H]2O[C@H](CO)[C@H](O)[C@H](O[C@]3(C(=O)O)C[C@H](O)[C@@H](N)[C@H]([C@H](O)[C@H](O)CO)O3)[C@H]2O)[C@@H]1O. The maximum absolute atomic E-state index is 12.7. The first-order valence-electron chi connectivity index (χ1n) is 18.5. The normalized spacial score (nSPS) is 44.0. The predicted octanol–water partition coefficient (Wildman–Crippen LogP) is -11.0. The van der Waals surface area contributed by atoms with E-state index in [0.29, 0.717) is 0 Å². The van der Waals surface area contributed by atoms with E-state index in [1.54, 1.807) is 0 Å². The maximum atomic E-state index is 12.7. The molecule has 60 heavy (non-hydrogen) atoms. The van der Waals surface area contributed by atoms with Crippen LogP contribution >= 0.6 is 0 Å². The summed E-state index contributed by atoms with van der Waals surface area (Å²) in [5.74, 6) is -7.40. The van der Waals surface area contributed by atoms with Crippen molar-refractivity contribution in [3.05, 3.63) is 0 Å². The molecule has 0 saturated carbocycles. The lowest BCUT2D eigenvalue weighted by molar-refractivity contribution is -0.388. The van der Waals surface area contributed by atoms with Crippen LogP contribution in [0.1, 0.15) is 13.3 Å². The van der Waals surface area contributed by atoms with Gasteiger partial charge in [-0.25, -0.2) is 4.79 Å². The minimum atomic E-state index is -3.06. The van der Waals surface area contributed by atoms with Crippen molar-refractivity contribution >= 4 is 17.8 Å². The van der Waals surface area contributed by atoms with Gasteiger partial charge in [-0.3, -0.25) is 9.59 Å². The molecule has 4 fully saturated rings. The molecule has 28 heteroatoms. The summed E-state index contributed by atoms with van der Waals surface area (Å²) in [6, 6.07) is -4.94. The Bertz CT molecular complexity index is 1420. The van der Waals surface area contributed by atoms with Crippen LogP contribution in [0.2, 0.25) is 0 Å². The van der Waals surface area contributed by atoms with E-state index >= 15 is 0 Å². The monoisotopic (exact) mass is 881 g/mol. The summed E-state index contributed by atoms with van der Waals surface area (Å²) < 4.78 is 44.9. The molecule has 0 bridgehead atoms. The van der Waals surface area contributed by atoms with Gasteiger partial charge in [0.1, 0.15) is 97.5 Å². The van der Waals surface area contributed by atoms with Gasteiger partial charge >= 0.3 is 11.9 Å². The van der Waals surface area contributed by atoms with Crippen molar-refractivity contribution in [1.29, 1.82) is 0 Å². The first-order valence-corrected chi connectivity index (χ1v) is 18.5. The Hall–Kier alpha value is -2.47. The van der Waals surface area contributed by atoms with Crippen LogP contribution in [0.4, 0.5) is 0 Å². The smallest absolute Gasteiger partial charge is 0.364 e. The second-order valence-corrected chi connectivity index (χ2v) is 14.6. The zero-order chi connectivity index (χ0) is 45.0. The molecule has 0 radical (unpaired) electrons. The Morgan fingerprint density at radius 2 is 1.33 bits per heavy atom. The number of aliphatic hydroxyl groups is 12. The van der Waals surface area contributed by atoms with Crippen LogP contribution in [-0.2, 0) is 52.3 Å². The number of ether oxygens (including phenoxy) is 8. The summed E-state index contributed by atoms with van der Waals surface area (Å²) in [7, 11) is 0. The number of nitrogens with one attached hydrogen (secondary N) is 1. The predicted molar refractivity (Wildman–Crippen MR) is 184 cm³/mol. The van der Waals surface area contributed by atoms with E-state index < -0.39 is 192 Å². The van der Waals surface area contributed by atoms with Crippen LogP contribution in [0, 0.1) is 0 Å². The fourth-order valence-electron chi connectivity index (χ4n) is 7.04. The molecule has 0 spiro atoms. The van der Waals surface area contributed by atoms with Gasteiger partial charge in [0.15, 0.2) is 18.9 Å². The fraction of sp³-hybridized carbons (Fsp3) is 0.906. The molecule has 4 saturated heterocycles. The van der Waals surface area contributed by atoms with E-state index in [1.165, 1.54) is 0 Å². The van der Waals surface area contributed by atoms with Crippen molar-refractivity contribution < 1.29 is 124 Å². The summed E-state index contributed by atoms with van der Waals surface area (Å²) in [5, 5.41) is 148. The third-order valence-corrected chi connectivity index (χ3v) is 10.4. The fourth-order valence-corrected chi connectivity index (χ4v) is 7.04. The van der Waals surface area contributed by atoms with E-state index in [9.17, 15) is 85.9 Å². The summed E-state index contributed by atoms with van der Waals surface area (Å²) in [4.78, 5) is 36.4. The summed E-state index contributed by atoms with van der Waals surface area (Å²) in [5.41, 5.74) is 11.4. The van der Waals surface area contributed by atoms with Gasteiger partial charge in [-0.1, -0.05) is 0 Å². The lowest BCUT2D eigenvalue weighted by atomic mass is 9.88. The Labute approximate surface area is 339 Å². The van der Waals surface area contributed by atoms with Crippen molar-refractivity contribution in [2.75, 3.05) is 33.0 Å². The van der Waals surface area contributed by atoms with Gasteiger partial charge in [0.2, 0.25) is 5.91 Å². The molecule has 348 valence electrons. The lowest BCUT2D eigenvalue weighted by Crippen LogP contribution is -2.71. The molecule has 4 heterocycles. The average molecular weight is 882 g/mol. The van der Waals surface area contributed by atoms with E-state index in [-0.39, 0.29) is 0 Å². The number of aliphatic hydroxyl groups excluding tert-OH is 12. The molecule has 4 aliphatic heterocycles.